The van der Waals surface area contributed by atoms with E-state index in [1.807, 2.05) is 49.3 Å². The maximum atomic E-state index is 14.1. The van der Waals surface area contributed by atoms with E-state index in [2.05, 4.69) is 6.07 Å². The molecule has 0 saturated carbocycles. The second-order valence-electron chi connectivity index (χ2n) is 5.24. The largest absolute Gasteiger partial charge is 0.366 e. The van der Waals surface area contributed by atoms with Gasteiger partial charge in [0, 0.05) is 26.1 Å². The number of likely N-dealkylation sites (N-methyl/N-ethyl adjacent to an activating group) is 1. The fourth-order valence-electron chi connectivity index (χ4n) is 2.60. The minimum atomic E-state index is -0.251. The third kappa shape index (κ3) is 2.20. The van der Waals surface area contributed by atoms with Crippen molar-refractivity contribution in [3.8, 4) is 0 Å². The van der Waals surface area contributed by atoms with E-state index in [4.69, 9.17) is 4.99 Å². The molecule has 3 heteroatoms. The summed E-state index contributed by atoms with van der Waals surface area (Å²) in [5, 5.41) is 0. The highest BCUT2D eigenvalue weighted by atomic mass is 19.1. The average molecular weight is 268 g/mol. The van der Waals surface area contributed by atoms with Crippen molar-refractivity contribution in [2.75, 3.05) is 14.1 Å². The molecule has 1 unspecified atom stereocenters. The molecule has 0 bridgehead atoms. The van der Waals surface area contributed by atoms with E-state index in [-0.39, 0.29) is 11.9 Å². The van der Waals surface area contributed by atoms with Crippen LogP contribution in [-0.2, 0) is 6.42 Å². The topological polar surface area (TPSA) is 15.6 Å². The van der Waals surface area contributed by atoms with Crippen LogP contribution in [0.5, 0.6) is 0 Å². The van der Waals surface area contributed by atoms with Crippen molar-refractivity contribution >= 4 is 5.84 Å². The van der Waals surface area contributed by atoms with Gasteiger partial charge in [-0.1, -0.05) is 42.5 Å². The number of benzene rings is 2. The molecule has 1 heterocycles. The van der Waals surface area contributed by atoms with Crippen molar-refractivity contribution in [3.05, 3.63) is 71.0 Å². The first-order valence-corrected chi connectivity index (χ1v) is 6.73. The van der Waals surface area contributed by atoms with E-state index in [1.165, 1.54) is 11.6 Å². The van der Waals surface area contributed by atoms with Gasteiger partial charge in [-0.2, -0.15) is 0 Å². The van der Waals surface area contributed by atoms with Gasteiger partial charge < -0.3 is 4.90 Å². The minimum Gasteiger partial charge on any atom is -0.366 e. The lowest BCUT2D eigenvalue weighted by Crippen LogP contribution is -2.28. The molecule has 2 aromatic rings. The third-order valence-electron chi connectivity index (χ3n) is 3.69. The molecule has 3 rings (SSSR count). The summed E-state index contributed by atoms with van der Waals surface area (Å²) >= 11 is 0. The first-order chi connectivity index (χ1) is 9.66. The summed E-state index contributed by atoms with van der Waals surface area (Å²) in [4.78, 5) is 6.76. The predicted molar refractivity (Wildman–Crippen MR) is 79.5 cm³/mol. The monoisotopic (exact) mass is 268 g/mol. The number of rotatable bonds is 1. The second kappa shape index (κ2) is 5.08. The summed E-state index contributed by atoms with van der Waals surface area (Å²) < 4.78 is 14.1. The van der Waals surface area contributed by atoms with Gasteiger partial charge in [0.2, 0.25) is 0 Å². The Morgan fingerprint density at radius 1 is 1.00 bits per heavy atom. The van der Waals surface area contributed by atoms with Gasteiger partial charge >= 0.3 is 0 Å². The summed E-state index contributed by atoms with van der Waals surface area (Å²) in [5.41, 5.74) is 2.96. The molecule has 1 aliphatic heterocycles. The van der Waals surface area contributed by atoms with E-state index in [9.17, 15) is 4.39 Å². The second-order valence-corrected chi connectivity index (χ2v) is 5.24. The lowest BCUT2D eigenvalue weighted by molar-refractivity contribution is 0.574. The van der Waals surface area contributed by atoms with Crippen LogP contribution >= 0.6 is 0 Å². The molecule has 0 radical (unpaired) electrons. The van der Waals surface area contributed by atoms with Crippen LogP contribution in [0.2, 0.25) is 0 Å². The molecule has 2 nitrogen and oxygen atoms in total. The fraction of sp³-hybridized carbons (Fsp3) is 0.235. The summed E-state index contributed by atoms with van der Waals surface area (Å²) in [6.07, 6.45) is 0.800. The molecule has 0 spiro atoms. The van der Waals surface area contributed by atoms with E-state index >= 15 is 0 Å². The molecule has 0 aromatic heterocycles. The number of hydrogen-bond acceptors (Lipinski definition) is 2. The van der Waals surface area contributed by atoms with Crippen molar-refractivity contribution in [1.82, 2.24) is 4.90 Å². The quantitative estimate of drug-likeness (QED) is 0.773. The van der Waals surface area contributed by atoms with Crippen molar-refractivity contribution in [2.45, 2.75) is 12.5 Å². The van der Waals surface area contributed by atoms with Crippen molar-refractivity contribution in [1.29, 1.82) is 0 Å². The highest BCUT2D eigenvalue weighted by molar-refractivity contribution is 5.86. The Labute approximate surface area is 118 Å². The number of hydrogen-bond donors (Lipinski definition) is 0. The summed E-state index contributed by atoms with van der Waals surface area (Å²) in [6.45, 7) is 0. The molecular formula is C17H17FN2. The summed E-state index contributed by atoms with van der Waals surface area (Å²) in [7, 11) is 3.95. The molecule has 102 valence electrons. The summed E-state index contributed by atoms with van der Waals surface area (Å²) in [6, 6.07) is 14.8. The number of halogens is 1. The zero-order valence-corrected chi connectivity index (χ0v) is 11.7. The van der Waals surface area contributed by atoms with E-state index in [0.717, 1.165) is 17.8 Å². The van der Waals surface area contributed by atoms with Crippen LogP contribution in [0.3, 0.4) is 0 Å². The Morgan fingerprint density at radius 3 is 2.35 bits per heavy atom. The Balaban J connectivity index is 2.15. The average Bonchev–Trinajstić information content (AvgIpc) is 2.46. The first kappa shape index (κ1) is 12.9. The van der Waals surface area contributed by atoms with Crippen molar-refractivity contribution in [2.24, 2.45) is 4.99 Å². The van der Waals surface area contributed by atoms with E-state index < -0.39 is 0 Å². The molecule has 0 aliphatic carbocycles. The van der Waals surface area contributed by atoms with Crippen LogP contribution in [0.15, 0.2) is 53.5 Å². The molecule has 0 fully saturated rings. The molecule has 1 atom stereocenters. The number of aliphatic imine (C=N–C) groups is 1. The fourth-order valence-corrected chi connectivity index (χ4v) is 2.60. The Morgan fingerprint density at radius 2 is 1.65 bits per heavy atom. The SMILES string of the molecule is CN(C)C1=NC(c2ccccc2F)c2ccccc2C1. The van der Waals surface area contributed by atoms with Crippen LogP contribution in [0.25, 0.3) is 0 Å². The zero-order valence-electron chi connectivity index (χ0n) is 11.7. The summed E-state index contributed by atoms with van der Waals surface area (Å²) in [5.74, 6) is 0.785. The normalized spacial score (nSPS) is 17.4. The molecule has 0 amide bonds. The van der Waals surface area contributed by atoms with E-state index in [0.29, 0.717) is 5.56 Å². The number of nitrogens with zero attached hydrogens (tertiary/aromatic N) is 2. The standard InChI is InChI=1S/C17H17FN2/c1-20(2)16-11-12-7-3-4-8-13(12)17(19-16)14-9-5-6-10-15(14)18/h3-10,17H,11H2,1-2H3. The molecule has 1 aliphatic rings. The maximum absolute atomic E-state index is 14.1. The number of fused-ring (bicyclic) bond motifs is 1. The Hall–Kier alpha value is -2.16. The molecular weight excluding hydrogens is 251 g/mol. The molecule has 2 aromatic carbocycles. The van der Waals surface area contributed by atoms with Crippen LogP contribution in [0.4, 0.5) is 4.39 Å². The van der Waals surface area contributed by atoms with Gasteiger partial charge in [0.05, 0.1) is 0 Å². The van der Waals surface area contributed by atoms with E-state index in [1.54, 1.807) is 6.07 Å². The van der Waals surface area contributed by atoms with Gasteiger partial charge in [-0.15, -0.1) is 0 Å². The van der Waals surface area contributed by atoms with Gasteiger partial charge in [0.15, 0.2) is 0 Å². The smallest absolute Gasteiger partial charge is 0.128 e. The Bertz CT molecular complexity index is 662. The lowest BCUT2D eigenvalue weighted by atomic mass is 9.90. The highest BCUT2D eigenvalue weighted by Crippen LogP contribution is 2.34. The highest BCUT2D eigenvalue weighted by Gasteiger charge is 2.25. The first-order valence-electron chi connectivity index (χ1n) is 6.73. The van der Waals surface area contributed by atoms with Crippen LogP contribution < -0.4 is 0 Å². The maximum Gasteiger partial charge on any atom is 0.128 e. The van der Waals surface area contributed by atoms with Crippen LogP contribution in [-0.4, -0.2) is 24.8 Å². The predicted octanol–water partition coefficient (Wildman–Crippen LogP) is 3.43. The molecule has 20 heavy (non-hydrogen) atoms. The lowest BCUT2D eigenvalue weighted by Gasteiger charge is -2.27. The van der Waals surface area contributed by atoms with Crippen LogP contribution in [0, 0.1) is 5.82 Å². The zero-order chi connectivity index (χ0) is 14.1. The van der Waals surface area contributed by atoms with Crippen molar-refractivity contribution in [3.63, 3.8) is 0 Å². The number of amidine groups is 1. The molecule has 0 saturated heterocycles. The Kier molecular flexibility index (Phi) is 3.26. The third-order valence-corrected chi connectivity index (χ3v) is 3.69. The van der Waals surface area contributed by atoms with Gasteiger partial charge in [-0.25, -0.2) is 4.39 Å². The van der Waals surface area contributed by atoms with Gasteiger partial charge in [0.25, 0.3) is 0 Å². The van der Waals surface area contributed by atoms with Gasteiger partial charge in [-0.05, 0) is 17.2 Å². The minimum absolute atomic E-state index is 0.198. The van der Waals surface area contributed by atoms with Crippen LogP contribution in [0.1, 0.15) is 22.7 Å². The van der Waals surface area contributed by atoms with Gasteiger partial charge in [-0.3, -0.25) is 4.99 Å². The van der Waals surface area contributed by atoms with Crippen molar-refractivity contribution < 1.29 is 4.39 Å². The van der Waals surface area contributed by atoms with Gasteiger partial charge in [0.1, 0.15) is 17.7 Å². The molecule has 0 N–H and O–H groups in total.